The number of halogens is 2. The molecule has 106 valence electrons. The van der Waals surface area contributed by atoms with E-state index < -0.39 is 5.91 Å². The first-order valence-corrected chi connectivity index (χ1v) is 6.89. The highest BCUT2D eigenvalue weighted by molar-refractivity contribution is 6.36. The van der Waals surface area contributed by atoms with E-state index >= 15 is 0 Å². The highest BCUT2D eigenvalue weighted by atomic mass is 35.5. The van der Waals surface area contributed by atoms with E-state index in [4.69, 9.17) is 28.5 Å². The predicted octanol–water partition coefficient (Wildman–Crippen LogP) is 3.68. The van der Waals surface area contributed by atoms with Crippen LogP contribution in [0.1, 0.15) is 13.8 Å². The number of anilines is 1. The Morgan fingerprint density at radius 2 is 2.05 bits per heavy atom. The number of hydrogen-bond acceptors (Lipinski definition) is 3. The Hall–Kier alpha value is -1.70. The van der Waals surface area contributed by atoms with Gasteiger partial charge in [-0.25, -0.2) is 0 Å². The molecule has 0 heterocycles. The normalized spacial score (nSPS) is 10.8. The zero-order chi connectivity index (χ0) is 15.1. The molecule has 1 aromatic carbocycles. The van der Waals surface area contributed by atoms with Gasteiger partial charge in [-0.15, -0.1) is 0 Å². The van der Waals surface area contributed by atoms with Gasteiger partial charge < -0.3 is 10.2 Å². The van der Waals surface area contributed by atoms with Crippen molar-refractivity contribution in [1.29, 1.82) is 5.26 Å². The molecule has 1 rings (SSSR count). The Bertz CT molecular complexity index is 560. The van der Waals surface area contributed by atoms with Crippen LogP contribution in [-0.2, 0) is 4.79 Å². The fraction of sp³-hybridized carbons (Fsp3) is 0.286. The largest absolute Gasteiger partial charge is 0.377 e. The number of carbonyl (C=O) groups excluding carboxylic acids is 1. The smallest absolute Gasteiger partial charge is 0.267 e. The summed E-state index contributed by atoms with van der Waals surface area (Å²) in [6.45, 7) is 5.33. The highest BCUT2D eigenvalue weighted by Crippen LogP contribution is 2.25. The van der Waals surface area contributed by atoms with Gasteiger partial charge in [0.05, 0.1) is 10.7 Å². The first-order valence-electron chi connectivity index (χ1n) is 6.14. The maximum atomic E-state index is 12.0. The Morgan fingerprint density at radius 3 is 2.55 bits per heavy atom. The number of benzene rings is 1. The number of nitriles is 1. The van der Waals surface area contributed by atoms with Crippen molar-refractivity contribution in [3.05, 3.63) is 40.0 Å². The van der Waals surface area contributed by atoms with Crippen LogP contribution in [0.3, 0.4) is 0 Å². The minimum absolute atomic E-state index is 0.0275. The molecule has 0 aliphatic heterocycles. The number of hydrogen-bond donors (Lipinski definition) is 1. The molecule has 0 aliphatic rings. The molecule has 0 atom stereocenters. The second-order valence-corrected chi connectivity index (χ2v) is 4.80. The number of nitrogens with zero attached hydrogens (tertiary/aromatic N) is 2. The summed E-state index contributed by atoms with van der Waals surface area (Å²) in [5.41, 5.74) is 0.446. The van der Waals surface area contributed by atoms with Gasteiger partial charge in [-0.05, 0) is 32.0 Å². The molecule has 0 radical (unpaired) electrons. The van der Waals surface area contributed by atoms with Gasteiger partial charge in [0.2, 0.25) is 0 Å². The standard InChI is InChI=1S/C14H15Cl2N3O/c1-3-19(4-2)9-10(8-17)14(20)18-13-6-5-11(15)7-12(13)16/h5-7,9H,3-4H2,1-2H3,(H,18,20)/b10-9-. The second-order valence-electron chi connectivity index (χ2n) is 3.95. The summed E-state index contributed by atoms with van der Waals surface area (Å²) in [7, 11) is 0. The minimum Gasteiger partial charge on any atom is -0.377 e. The van der Waals surface area contributed by atoms with E-state index in [0.717, 1.165) is 13.1 Å². The zero-order valence-corrected chi connectivity index (χ0v) is 12.8. The van der Waals surface area contributed by atoms with Crippen LogP contribution in [0, 0.1) is 11.3 Å². The van der Waals surface area contributed by atoms with Crippen molar-refractivity contribution in [2.24, 2.45) is 0 Å². The third-order valence-corrected chi connectivity index (χ3v) is 3.22. The number of carbonyl (C=O) groups is 1. The predicted molar refractivity (Wildman–Crippen MR) is 81.7 cm³/mol. The quantitative estimate of drug-likeness (QED) is 0.666. The molecule has 6 heteroatoms. The van der Waals surface area contributed by atoms with Gasteiger partial charge in [0, 0.05) is 24.3 Å². The minimum atomic E-state index is -0.497. The van der Waals surface area contributed by atoms with E-state index in [1.165, 1.54) is 6.07 Å². The number of nitrogens with one attached hydrogen (secondary N) is 1. The fourth-order valence-electron chi connectivity index (χ4n) is 1.51. The lowest BCUT2D eigenvalue weighted by molar-refractivity contribution is -0.112. The molecule has 0 fully saturated rings. The first kappa shape index (κ1) is 16.4. The molecular weight excluding hydrogens is 297 g/mol. The third-order valence-electron chi connectivity index (χ3n) is 2.67. The summed E-state index contributed by atoms with van der Waals surface area (Å²) in [4.78, 5) is 13.9. The zero-order valence-electron chi connectivity index (χ0n) is 11.3. The van der Waals surface area contributed by atoms with Crippen LogP contribution < -0.4 is 5.32 Å². The number of rotatable bonds is 5. The number of amides is 1. The molecule has 20 heavy (non-hydrogen) atoms. The van der Waals surface area contributed by atoms with Crippen molar-refractivity contribution < 1.29 is 4.79 Å². The lowest BCUT2D eigenvalue weighted by Gasteiger charge is -2.15. The van der Waals surface area contributed by atoms with Crippen molar-refractivity contribution in [3.63, 3.8) is 0 Å². The van der Waals surface area contributed by atoms with E-state index in [-0.39, 0.29) is 5.57 Å². The van der Waals surface area contributed by atoms with Crippen molar-refractivity contribution in [1.82, 2.24) is 4.90 Å². The van der Waals surface area contributed by atoms with Crippen LogP contribution in [0.15, 0.2) is 30.0 Å². The van der Waals surface area contributed by atoms with Gasteiger partial charge in [0.1, 0.15) is 11.6 Å². The van der Waals surface area contributed by atoms with Crippen molar-refractivity contribution in [3.8, 4) is 6.07 Å². The van der Waals surface area contributed by atoms with Crippen LogP contribution in [0.4, 0.5) is 5.69 Å². The molecule has 0 bridgehead atoms. The first-order chi connectivity index (χ1) is 9.51. The van der Waals surface area contributed by atoms with Crippen LogP contribution in [0.2, 0.25) is 10.0 Å². The highest BCUT2D eigenvalue weighted by Gasteiger charge is 2.12. The van der Waals surface area contributed by atoms with Gasteiger partial charge in [-0.3, -0.25) is 4.79 Å². The van der Waals surface area contributed by atoms with E-state index in [9.17, 15) is 4.79 Å². The maximum Gasteiger partial charge on any atom is 0.267 e. The van der Waals surface area contributed by atoms with E-state index in [2.05, 4.69) is 5.32 Å². The van der Waals surface area contributed by atoms with E-state index in [0.29, 0.717) is 15.7 Å². The maximum absolute atomic E-state index is 12.0. The second kappa shape index (κ2) is 7.78. The van der Waals surface area contributed by atoms with Gasteiger partial charge in [0.25, 0.3) is 5.91 Å². The van der Waals surface area contributed by atoms with Crippen molar-refractivity contribution >= 4 is 34.8 Å². The summed E-state index contributed by atoms with van der Waals surface area (Å²) in [5.74, 6) is -0.497. The van der Waals surface area contributed by atoms with Crippen LogP contribution >= 0.6 is 23.2 Å². The Morgan fingerprint density at radius 1 is 1.40 bits per heavy atom. The van der Waals surface area contributed by atoms with Gasteiger partial charge in [-0.2, -0.15) is 5.26 Å². The Kier molecular flexibility index (Phi) is 6.37. The van der Waals surface area contributed by atoms with E-state index in [1.54, 1.807) is 18.3 Å². The van der Waals surface area contributed by atoms with Gasteiger partial charge in [0.15, 0.2) is 0 Å². The molecule has 0 aromatic heterocycles. The average molecular weight is 312 g/mol. The van der Waals surface area contributed by atoms with Crippen LogP contribution in [0.5, 0.6) is 0 Å². The molecule has 1 N–H and O–H groups in total. The SMILES string of the molecule is CCN(/C=C(/C#N)C(=O)Nc1ccc(Cl)cc1Cl)CC. The van der Waals surface area contributed by atoms with Crippen LogP contribution in [0.25, 0.3) is 0 Å². The molecule has 4 nitrogen and oxygen atoms in total. The monoisotopic (exact) mass is 311 g/mol. The molecule has 0 saturated heterocycles. The lowest BCUT2D eigenvalue weighted by Crippen LogP contribution is -2.20. The van der Waals surface area contributed by atoms with Gasteiger partial charge in [-0.1, -0.05) is 23.2 Å². The third kappa shape index (κ3) is 4.44. The summed E-state index contributed by atoms with van der Waals surface area (Å²) >= 11 is 11.8. The lowest BCUT2D eigenvalue weighted by atomic mass is 10.2. The Balaban J connectivity index is 2.91. The molecule has 1 aromatic rings. The molecule has 1 amide bonds. The summed E-state index contributed by atoms with van der Waals surface area (Å²) in [5, 5.41) is 12.5. The van der Waals surface area contributed by atoms with Crippen LogP contribution in [-0.4, -0.2) is 23.9 Å². The summed E-state index contributed by atoms with van der Waals surface area (Å²) < 4.78 is 0. The topological polar surface area (TPSA) is 56.1 Å². The molecule has 0 unspecified atom stereocenters. The van der Waals surface area contributed by atoms with Crippen molar-refractivity contribution in [2.75, 3.05) is 18.4 Å². The fourth-order valence-corrected chi connectivity index (χ4v) is 1.96. The van der Waals surface area contributed by atoms with E-state index in [1.807, 2.05) is 24.8 Å². The summed E-state index contributed by atoms with van der Waals surface area (Å²) in [6.07, 6.45) is 1.54. The average Bonchev–Trinajstić information content (AvgIpc) is 2.43. The Labute approximate surface area is 128 Å². The molecule has 0 spiro atoms. The van der Waals surface area contributed by atoms with Gasteiger partial charge >= 0.3 is 0 Å². The molecular formula is C14H15Cl2N3O. The molecule has 0 aliphatic carbocycles. The summed E-state index contributed by atoms with van der Waals surface area (Å²) in [6, 6.07) is 6.62. The molecule has 0 saturated carbocycles. The van der Waals surface area contributed by atoms with Crippen molar-refractivity contribution in [2.45, 2.75) is 13.8 Å².